The smallest absolute Gasteiger partial charge is 0.127 e. The molecule has 0 aliphatic rings. The summed E-state index contributed by atoms with van der Waals surface area (Å²) in [4.78, 5) is 0. The Bertz CT molecular complexity index is 462. The van der Waals surface area contributed by atoms with Crippen molar-refractivity contribution in [3.63, 3.8) is 0 Å². The lowest BCUT2D eigenvalue weighted by atomic mass is 10.1. The van der Waals surface area contributed by atoms with Gasteiger partial charge >= 0.3 is 0 Å². The number of aryl methyl sites for hydroxylation is 1. The van der Waals surface area contributed by atoms with E-state index in [1.807, 2.05) is 42.5 Å². The number of rotatable bonds is 6. The molecular formula is C17H19O. The maximum Gasteiger partial charge on any atom is 0.127 e. The lowest BCUT2D eigenvalue weighted by molar-refractivity contribution is 0.481. The summed E-state index contributed by atoms with van der Waals surface area (Å²) < 4.78 is 5.81. The summed E-state index contributed by atoms with van der Waals surface area (Å²) in [5, 5.41) is 0. The van der Waals surface area contributed by atoms with Gasteiger partial charge < -0.3 is 4.74 Å². The molecule has 0 N–H and O–H groups in total. The van der Waals surface area contributed by atoms with Gasteiger partial charge in [-0.05, 0) is 48.7 Å². The van der Waals surface area contributed by atoms with Gasteiger partial charge in [-0.2, -0.15) is 0 Å². The predicted molar refractivity (Wildman–Crippen MR) is 75.0 cm³/mol. The zero-order chi connectivity index (χ0) is 12.6. The van der Waals surface area contributed by atoms with Crippen molar-refractivity contribution in [3.8, 4) is 11.5 Å². The first kappa shape index (κ1) is 12.7. The van der Waals surface area contributed by atoms with E-state index in [-0.39, 0.29) is 0 Å². The van der Waals surface area contributed by atoms with Gasteiger partial charge in [-0.3, -0.25) is 0 Å². The van der Waals surface area contributed by atoms with Crippen LogP contribution in [0, 0.1) is 6.07 Å². The molecule has 0 atom stereocenters. The summed E-state index contributed by atoms with van der Waals surface area (Å²) in [6.45, 7) is 2.22. The molecule has 0 unspecified atom stereocenters. The zero-order valence-electron chi connectivity index (χ0n) is 10.9. The van der Waals surface area contributed by atoms with E-state index in [2.05, 4.69) is 19.1 Å². The minimum Gasteiger partial charge on any atom is -0.457 e. The molecule has 0 fully saturated rings. The second-order valence-electron chi connectivity index (χ2n) is 4.42. The van der Waals surface area contributed by atoms with E-state index >= 15 is 0 Å². The van der Waals surface area contributed by atoms with Crippen LogP contribution in [0.4, 0.5) is 0 Å². The molecule has 93 valence electrons. The molecule has 0 saturated carbocycles. The van der Waals surface area contributed by atoms with Crippen molar-refractivity contribution in [2.45, 2.75) is 32.6 Å². The van der Waals surface area contributed by atoms with Gasteiger partial charge in [-0.15, -0.1) is 0 Å². The van der Waals surface area contributed by atoms with Gasteiger partial charge in [0.2, 0.25) is 0 Å². The van der Waals surface area contributed by atoms with Crippen molar-refractivity contribution in [1.82, 2.24) is 0 Å². The first-order valence-corrected chi connectivity index (χ1v) is 6.62. The molecule has 0 aromatic heterocycles. The Morgan fingerprint density at radius 2 is 1.83 bits per heavy atom. The van der Waals surface area contributed by atoms with E-state index in [1.54, 1.807) is 0 Å². The van der Waals surface area contributed by atoms with Crippen molar-refractivity contribution < 1.29 is 4.74 Å². The monoisotopic (exact) mass is 239 g/mol. The van der Waals surface area contributed by atoms with Crippen LogP contribution in [0.2, 0.25) is 0 Å². The van der Waals surface area contributed by atoms with Crippen LogP contribution in [-0.4, -0.2) is 0 Å². The predicted octanol–water partition coefficient (Wildman–Crippen LogP) is 5.01. The first-order valence-electron chi connectivity index (χ1n) is 6.62. The van der Waals surface area contributed by atoms with Gasteiger partial charge in [0, 0.05) is 0 Å². The van der Waals surface area contributed by atoms with Crippen LogP contribution in [0.1, 0.15) is 31.7 Å². The second kappa shape index (κ2) is 6.85. The minimum atomic E-state index is 0.878. The van der Waals surface area contributed by atoms with E-state index in [1.165, 1.54) is 24.8 Å². The lowest BCUT2D eigenvalue weighted by Gasteiger charge is -2.07. The number of hydrogen-bond acceptors (Lipinski definition) is 1. The normalized spacial score (nSPS) is 10.3. The van der Waals surface area contributed by atoms with Crippen LogP contribution in [0.3, 0.4) is 0 Å². The van der Waals surface area contributed by atoms with Crippen LogP contribution in [-0.2, 0) is 6.42 Å². The Labute approximate surface area is 109 Å². The fourth-order valence-corrected chi connectivity index (χ4v) is 1.89. The molecule has 1 radical (unpaired) electrons. The van der Waals surface area contributed by atoms with Gasteiger partial charge in [0.05, 0.1) is 0 Å². The third-order valence-corrected chi connectivity index (χ3v) is 2.86. The maximum atomic E-state index is 5.81. The zero-order valence-corrected chi connectivity index (χ0v) is 10.9. The van der Waals surface area contributed by atoms with Crippen LogP contribution >= 0.6 is 0 Å². The van der Waals surface area contributed by atoms with Crippen molar-refractivity contribution in [2.75, 3.05) is 0 Å². The van der Waals surface area contributed by atoms with Gasteiger partial charge in [0.1, 0.15) is 11.5 Å². The highest BCUT2D eigenvalue weighted by molar-refractivity contribution is 5.33. The van der Waals surface area contributed by atoms with Crippen molar-refractivity contribution in [3.05, 3.63) is 60.2 Å². The molecule has 18 heavy (non-hydrogen) atoms. The Kier molecular flexibility index (Phi) is 4.83. The third-order valence-electron chi connectivity index (χ3n) is 2.86. The molecule has 0 amide bonds. The molecule has 0 saturated heterocycles. The van der Waals surface area contributed by atoms with Gasteiger partial charge in [0.25, 0.3) is 0 Å². The van der Waals surface area contributed by atoms with Gasteiger partial charge in [-0.1, -0.05) is 44.0 Å². The molecule has 2 aromatic carbocycles. The second-order valence-corrected chi connectivity index (χ2v) is 4.42. The Hall–Kier alpha value is -1.76. The van der Waals surface area contributed by atoms with Crippen LogP contribution < -0.4 is 4.74 Å². The first-order chi connectivity index (χ1) is 8.88. The van der Waals surface area contributed by atoms with E-state index in [0.29, 0.717) is 0 Å². The molecular weight excluding hydrogens is 220 g/mol. The molecule has 1 heteroatoms. The van der Waals surface area contributed by atoms with Crippen LogP contribution in [0.15, 0.2) is 48.5 Å². The highest BCUT2D eigenvalue weighted by Gasteiger charge is 1.99. The Balaban J connectivity index is 1.99. The van der Waals surface area contributed by atoms with E-state index < -0.39 is 0 Å². The number of unbranched alkanes of at least 4 members (excludes halogenated alkanes) is 2. The minimum absolute atomic E-state index is 0.878. The van der Waals surface area contributed by atoms with Crippen molar-refractivity contribution >= 4 is 0 Å². The maximum absolute atomic E-state index is 5.81. The standard InChI is InChI=1S/C17H19O/c1-2-3-5-9-15-10-8-13-17(14-15)18-16-11-6-4-7-12-16/h4,6-8,11-14H,2-3,5,9H2,1H3. The number of ether oxygens (including phenoxy) is 1. The highest BCUT2D eigenvalue weighted by Crippen LogP contribution is 2.22. The molecule has 2 aromatic rings. The summed E-state index contributed by atoms with van der Waals surface area (Å²) in [6, 6.07) is 19.1. The number of hydrogen-bond donors (Lipinski definition) is 0. The number of para-hydroxylation sites is 1. The lowest BCUT2D eigenvalue weighted by Crippen LogP contribution is -1.88. The summed E-state index contributed by atoms with van der Waals surface area (Å²) in [5.41, 5.74) is 1.23. The summed E-state index contributed by atoms with van der Waals surface area (Å²) >= 11 is 0. The van der Waals surface area contributed by atoms with E-state index in [0.717, 1.165) is 17.9 Å². The van der Waals surface area contributed by atoms with Crippen molar-refractivity contribution in [1.29, 1.82) is 0 Å². The van der Waals surface area contributed by atoms with Crippen LogP contribution in [0.5, 0.6) is 11.5 Å². The summed E-state index contributed by atoms with van der Waals surface area (Å²) in [7, 11) is 0. The Morgan fingerprint density at radius 3 is 2.61 bits per heavy atom. The van der Waals surface area contributed by atoms with Gasteiger partial charge in [0.15, 0.2) is 0 Å². The fraction of sp³-hybridized carbons (Fsp3) is 0.294. The average Bonchev–Trinajstić information content (AvgIpc) is 2.41. The largest absolute Gasteiger partial charge is 0.457 e. The SMILES string of the molecule is CCCCCc1[c]ccc(Oc2ccccc2)c1. The van der Waals surface area contributed by atoms with Crippen molar-refractivity contribution in [2.24, 2.45) is 0 Å². The quantitative estimate of drug-likeness (QED) is 0.644. The molecule has 0 aliphatic carbocycles. The molecule has 2 rings (SSSR count). The topological polar surface area (TPSA) is 9.23 Å². The fourth-order valence-electron chi connectivity index (χ4n) is 1.89. The highest BCUT2D eigenvalue weighted by atomic mass is 16.5. The molecule has 0 heterocycles. The third kappa shape index (κ3) is 3.92. The Morgan fingerprint density at radius 1 is 1.00 bits per heavy atom. The van der Waals surface area contributed by atoms with Crippen LogP contribution in [0.25, 0.3) is 0 Å². The number of benzene rings is 2. The van der Waals surface area contributed by atoms with E-state index in [9.17, 15) is 0 Å². The molecule has 0 aliphatic heterocycles. The summed E-state index contributed by atoms with van der Waals surface area (Å²) in [6.07, 6.45) is 4.83. The average molecular weight is 239 g/mol. The van der Waals surface area contributed by atoms with E-state index in [4.69, 9.17) is 4.74 Å². The van der Waals surface area contributed by atoms with Gasteiger partial charge in [-0.25, -0.2) is 0 Å². The molecule has 1 nitrogen and oxygen atoms in total. The molecule has 0 bridgehead atoms. The summed E-state index contributed by atoms with van der Waals surface area (Å²) in [5.74, 6) is 1.77. The molecule has 0 spiro atoms.